The molecule has 1 aromatic rings. The van der Waals surface area contributed by atoms with Crippen LogP contribution in [0.1, 0.15) is 148 Å². The van der Waals surface area contributed by atoms with Gasteiger partial charge in [-0.3, -0.25) is 0 Å². The topological polar surface area (TPSA) is 15.7 Å². The predicted octanol–water partition coefficient (Wildman–Crippen LogP) is 15.6. The van der Waals surface area contributed by atoms with Gasteiger partial charge in [0.15, 0.2) is 6.23 Å². The van der Waals surface area contributed by atoms with Crippen LogP contribution in [0.15, 0.2) is 142 Å². The molecule has 5 fully saturated rings. The van der Waals surface area contributed by atoms with E-state index in [0.717, 1.165) is 43.3 Å². The Kier molecular flexibility index (Phi) is 11.3. The number of fused-ring (bicyclic) bond motifs is 8. The van der Waals surface area contributed by atoms with E-state index in [4.69, 9.17) is 4.74 Å². The van der Waals surface area contributed by atoms with Gasteiger partial charge in [-0.15, -0.1) is 11.8 Å². The van der Waals surface area contributed by atoms with Crippen LogP contribution in [0, 0.1) is 35.0 Å². The van der Waals surface area contributed by atoms with Crippen molar-refractivity contribution in [3.63, 3.8) is 0 Å². The average molecular weight is 913 g/mol. The van der Waals surface area contributed by atoms with Gasteiger partial charge in [0, 0.05) is 44.4 Å². The highest BCUT2D eigenvalue weighted by molar-refractivity contribution is 8.06. The molecular formula is C60H73BN2OS2. The molecule has 2 saturated carbocycles. The van der Waals surface area contributed by atoms with Crippen LogP contribution >= 0.6 is 23.5 Å². The molecule has 0 radical (unpaired) electrons. The first kappa shape index (κ1) is 42.9. The van der Waals surface area contributed by atoms with Gasteiger partial charge in [-0.1, -0.05) is 138 Å². The highest BCUT2D eigenvalue weighted by Gasteiger charge is 2.66. The van der Waals surface area contributed by atoms with Gasteiger partial charge in [0.25, 0.3) is 0 Å². The zero-order chi connectivity index (χ0) is 44.1. The molecule has 0 N–H and O–H groups in total. The zero-order valence-electron chi connectivity index (χ0n) is 40.1. The lowest BCUT2D eigenvalue weighted by atomic mass is 9.25. The molecule has 1 aromatic carbocycles. The maximum Gasteiger partial charge on any atom is 0.203 e. The molecule has 3 saturated heterocycles. The molecular weight excluding hydrogens is 840 g/mol. The Morgan fingerprint density at radius 2 is 1.59 bits per heavy atom. The van der Waals surface area contributed by atoms with Crippen LogP contribution in [0.2, 0.25) is 5.82 Å². The maximum absolute atomic E-state index is 7.45. The lowest BCUT2D eigenvalue weighted by Crippen LogP contribution is -2.60. The normalized spacial score (nSPS) is 36.3. The number of nitrogens with zero attached hydrogens (tertiary/aromatic N) is 2. The summed E-state index contributed by atoms with van der Waals surface area (Å²) in [7, 11) is 0. The van der Waals surface area contributed by atoms with Crippen molar-refractivity contribution in [1.29, 1.82) is 0 Å². The van der Waals surface area contributed by atoms with Crippen molar-refractivity contribution in [1.82, 2.24) is 9.80 Å². The smallest absolute Gasteiger partial charge is 0.203 e. The third-order valence-corrected chi connectivity index (χ3v) is 22.5. The van der Waals surface area contributed by atoms with Crippen LogP contribution in [0.4, 0.5) is 0 Å². The van der Waals surface area contributed by atoms with Gasteiger partial charge in [0.1, 0.15) is 5.75 Å². The van der Waals surface area contributed by atoms with E-state index >= 15 is 0 Å². The minimum atomic E-state index is -0.0208. The van der Waals surface area contributed by atoms with Gasteiger partial charge in [0.2, 0.25) is 6.71 Å². The first-order chi connectivity index (χ1) is 32.4. The fourth-order valence-corrected chi connectivity index (χ4v) is 19.7. The fourth-order valence-electron chi connectivity index (χ4n) is 15.3. The van der Waals surface area contributed by atoms with Gasteiger partial charge in [-0.2, -0.15) is 11.8 Å². The zero-order valence-corrected chi connectivity index (χ0v) is 41.7. The van der Waals surface area contributed by atoms with E-state index in [-0.39, 0.29) is 11.6 Å². The molecule has 0 spiro atoms. The largest absolute Gasteiger partial charge is 0.470 e. The molecule has 3 nitrogen and oxygen atoms in total. The number of para-hydroxylation sites is 1. The van der Waals surface area contributed by atoms with Crippen LogP contribution in [0.25, 0.3) is 0 Å². The van der Waals surface area contributed by atoms with Crippen LogP contribution in [0.5, 0.6) is 5.75 Å². The molecule has 12 aliphatic rings. The molecule has 13 rings (SSSR count). The number of hydrogen-bond acceptors (Lipinski definition) is 5. The van der Waals surface area contributed by atoms with Crippen molar-refractivity contribution in [2.45, 2.75) is 175 Å². The summed E-state index contributed by atoms with van der Waals surface area (Å²) in [5, 5.41) is 2.41. The van der Waals surface area contributed by atoms with Crippen molar-refractivity contribution in [3.8, 4) is 5.75 Å². The molecule has 10 atom stereocenters. The lowest BCUT2D eigenvalue weighted by Gasteiger charge is -2.57. The van der Waals surface area contributed by atoms with Crippen LogP contribution < -0.4 is 4.74 Å². The van der Waals surface area contributed by atoms with Crippen molar-refractivity contribution in [3.05, 3.63) is 148 Å². The maximum atomic E-state index is 7.45. The molecule has 0 aromatic heterocycles. The summed E-state index contributed by atoms with van der Waals surface area (Å²) < 4.78 is 7.45. The molecule has 0 bridgehead atoms. The van der Waals surface area contributed by atoms with E-state index in [0.29, 0.717) is 57.2 Å². The molecule has 6 heteroatoms. The third kappa shape index (κ3) is 7.36. The van der Waals surface area contributed by atoms with Crippen molar-refractivity contribution in [2.75, 3.05) is 0 Å². The van der Waals surface area contributed by atoms with Gasteiger partial charge in [-0.05, 0) is 164 Å². The van der Waals surface area contributed by atoms with E-state index in [1.165, 1.54) is 112 Å². The van der Waals surface area contributed by atoms with E-state index in [1.54, 1.807) is 28.1 Å². The fraction of sp³-hybridized carbons (Fsp3) is 0.567. The van der Waals surface area contributed by atoms with Gasteiger partial charge in [0.05, 0.1) is 5.37 Å². The van der Waals surface area contributed by atoms with Crippen molar-refractivity contribution in [2.24, 2.45) is 35.0 Å². The van der Waals surface area contributed by atoms with E-state index in [2.05, 4.69) is 151 Å². The van der Waals surface area contributed by atoms with Crippen LogP contribution in [-0.2, 0) is 0 Å². The summed E-state index contributed by atoms with van der Waals surface area (Å²) in [4.78, 5) is 5.80. The summed E-state index contributed by atoms with van der Waals surface area (Å²) in [5.41, 5.74) is 14.0. The highest BCUT2D eigenvalue weighted by Crippen LogP contribution is 2.68. The number of rotatable bonds is 6. The first-order valence-electron chi connectivity index (χ1n) is 27.0. The number of hydrogen-bond donors (Lipinski definition) is 0. The summed E-state index contributed by atoms with van der Waals surface area (Å²) in [5.74, 6) is 5.34. The summed E-state index contributed by atoms with van der Waals surface area (Å²) in [6, 6.07) is 9.27. The Morgan fingerprint density at radius 1 is 0.773 bits per heavy atom. The Balaban J connectivity index is 0.924. The molecule has 344 valence electrons. The predicted molar refractivity (Wildman–Crippen MR) is 280 cm³/mol. The van der Waals surface area contributed by atoms with E-state index < -0.39 is 0 Å². The van der Waals surface area contributed by atoms with Gasteiger partial charge in [-0.25, -0.2) is 0 Å². The van der Waals surface area contributed by atoms with Crippen LogP contribution in [-0.4, -0.2) is 43.9 Å². The number of ether oxygens (including phenoxy) is 1. The minimum absolute atomic E-state index is 0.0208. The Labute approximate surface area is 406 Å². The van der Waals surface area contributed by atoms with Crippen molar-refractivity contribution >= 4 is 30.2 Å². The number of thioether (sulfide) groups is 2. The molecule has 5 heterocycles. The second-order valence-corrected chi connectivity index (χ2v) is 26.3. The third-order valence-electron chi connectivity index (χ3n) is 18.8. The molecule has 7 aliphatic carbocycles. The molecule has 66 heavy (non-hydrogen) atoms. The SMILES string of the molecule is CC(C)(C)C1C=C2C3=C(C1)N(C1=CCC(C4CCCCC4)C=C1)C1Oc4ccccc4C1B3C1C3SC(C4C=CC(C5CCCCC5)=CC4)CC3SC1N2C1=CC=C(C2=CCCC=C2)CC1. The first-order valence-corrected chi connectivity index (χ1v) is 28.9. The summed E-state index contributed by atoms with van der Waals surface area (Å²) in [6.45, 7) is 7.92. The summed E-state index contributed by atoms with van der Waals surface area (Å²) in [6.07, 6.45) is 54.4. The second kappa shape index (κ2) is 17.3. The highest BCUT2D eigenvalue weighted by atomic mass is 32.2. The van der Waals surface area contributed by atoms with Crippen molar-refractivity contribution < 1.29 is 4.74 Å². The number of benzene rings is 1. The monoisotopic (exact) mass is 913 g/mol. The van der Waals surface area contributed by atoms with Gasteiger partial charge < -0.3 is 14.5 Å². The Hall–Kier alpha value is -3.22. The standard InChI is InChI=1S/C60H73BN2OS2/c1-60(2,3)45-35-49-55-50(36-45)63(47-33-29-43(30-34-47)40-19-11-6-12-20-40)59-56(57-53(66-59)37-52(65-57)44-25-23-41(24-26-44)38-15-7-4-8-16-38)61(55)54-48-21-13-14-22-51(48)64-58(54)62(49)46-31-27-42(28-32-46)39-17-9-5-10-18-39/h11,13-14,19-25,27,29,31-33,36,38-39,42,44-45,52-54,56-59H,4-10,12,15-18,26,28,30,34-35,37H2,1-3H3. The Bertz CT molecular complexity index is 2430. The van der Waals surface area contributed by atoms with E-state index in [1.807, 2.05) is 0 Å². The molecule has 10 unspecified atom stereocenters. The minimum Gasteiger partial charge on any atom is -0.470 e. The summed E-state index contributed by atoms with van der Waals surface area (Å²) >= 11 is 4.83. The van der Waals surface area contributed by atoms with Gasteiger partial charge >= 0.3 is 0 Å². The van der Waals surface area contributed by atoms with E-state index in [9.17, 15) is 0 Å². The second-order valence-electron chi connectivity index (χ2n) is 23.5. The quantitative estimate of drug-likeness (QED) is 0.264. The lowest BCUT2D eigenvalue weighted by molar-refractivity contribution is 0.0789. The van der Waals surface area contributed by atoms with Crippen LogP contribution in [0.3, 0.4) is 0 Å². The number of allylic oxidation sites excluding steroid dienone is 18. The molecule has 0 amide bonds. The Morgan fingerprint density at radius 3 is 2.33 bits per heavy atom. The average Bonchev–Trinajstić information content (AvgIpc) is 4.06. The molecule has 5 aliphatic heterocycles.